The van der Waals surface area contributed by atoms with Crippen molar-refractivity contribution in [3.63, 3.8) is 0 Å². The van der Waals surface area contributed by atoms with E-state index in [9.17, 15) is 9.18 Å². The van der Waals surface area contributed by atoms with Crippen LogP contribution < -0.4 is 0 Å². The van der Waals surface area contributed by atoms with Gasteiger partial charge >= 0.3 is 0 Å². The van der Waals surface area contributed by atoms with Crippen molar-refractivity contribution in [1.82, 2.24) is 24.1 Å². The van der Waals surface area contributed by atoms with Crippen LogP contribution in [0.2, 0.25) is 0 Å². The Bertz CT molecular complexity index is 958. The number of imidazole rings is 1. The summed E-state index contributed by atoms with van der Waals surface area (Å²) in [5.74, 6) is -0.305. The average molecular weight is 371 g/mol. The van der Waals surface area contributed by atoms with Gasteiger partial charge in [-0.1, -0.05) is 0 Å². The Balaban J connectivity index is 1.44. The summed E-state index contributed by atoms with van der Waals surface area (Å²) in [6, 6.07) is 4.51. The molecule has 8 heteroatoms. The molecule has 0 bridgehead atoms. The number of aryl methyl sites for hydroxylation is 1. The number of hydrogen-bond donors (Lipinski definition) is 0. The molecule has 0 aliphatic carbocycles. The van der Waals surface area contributed by atoms with E-state index in [1.807, 2.05) is 0 Å². The normalized spacial score (nSPS) is 15.5. The molecule has 0 amide bonds. The summed E-state index contributed by atoms with van der Waals surface area (Å²) in [6.45, 7) is 4.28. The summed E-state index contributed by atoms with van der Waals surface area (Å²) >= 11 is 0. The molecule has 0 radical (unpaired) electrons. The van der Waals surface area contributed by atoms with Crippen LogP contribution >= 0.6 is 0 Å². The maximum Gasteiger partial charge on any atom is 0.183 e. The molecule has 0 unspecified atom stereocenters. The van der Waals surface area contributed by atoms with Gasteiger partial charge in [-0.15, -0.1) is 0 Å². The van der Waals surface area contributed by atoms with Crippen LogP contribution in [0.3, 0.4) is 0 Å². The fourth-order valence-corrected chi connectivity index (χ4v) is 3.34. The Morgan fingerprint density at radius 3 is 2.93 bits per heavy atom. The van der Waals surface area contributed by atoms with Crippen molar-refractivity contribution in [1.29, 1.82) is 0 Å². The number of pyridine rings is 1. The molecule has 1 fully saturated rings. The standard InChI is InChI=1S/C19H22FN5O2/c1-23-17(16-13-25-6-4-14(20)11-19(25)21-16)12-15(22-23)18(26)3-2-5-24-7-9-27-10-8-24/h4,6,11-13H,2-3,5,7-10H2,1H3. The second-order valence-corrected chi connectivity index (χ2v) is 6.76. The number of carbonyl (C=O) groups is 1. The molecular formula is C19H22FN5O2. The number of aromatic nitrogens is 4. The molecule has 1 aliphatic heterocycles. The topological polar surface area (TPSA) is 64.7 Å². The summed E-state index contributed by atoms with van der Waals surface area (Å²) in [4.78, 5) is 19.3. The van der Waals surface area contributed by atoms with Crippen LogP contribution in [0, 0.1) is 5.82 Å². The summed E-state index contributed by atoms with van der Waals surface area (Å²) in [5.41, 5.74) is 2.35. The fourth-order valence-electron chi connectivity index (χ4n) is 3.34. The van der Waals surface area contributed by atoms with Crippen molar-refractivity contribution in [2.75, 3.05) is 32.8 Å². The molecule has 0 saturated carbocycles. The van der Waals surface area contributed by atoms with E-state index in [0.29, 0.717) is 23.5 Å². The first-order chi connectivity index (χ1) is 13.1. The molecule has 1 aliphatic rings. The number of halogens is 1. The minimum atomic E-state index is -0.333. The monoisotopic (exact) mass is 371 g/mol. The van der Waals surface area contributed by atoms with E-state index in [1.54, 1.807) is 34.6 Å². The van der Waals surface area contributed by atoms with Crippen LogP contribution in [0.5, 0.6) is 0 Å². The first-order valence-corrected chi connectivity index (χ1v) is 9.12. The first kappa shape index (κ1) is 17.8. The molecule has 3 aromatic heterocycles. The maximum atomic E-state index is 13.4. The molecule has 4 heterocycles. The van der Waals surface area contributed by atoms with Crippen molar-refractivity contribution >= 4 is 11.4 Å². The van der Waals surface area contributed by atoms with E-state index in [1.165, 1.54) is 12.1 Å². The zero-order valence-corrected chi connectivity index (χ0v) is 15.3. The van der Waals surface area contributed by atoms with Crippen molar-refractivity contribution in [2.24, 2.45) is 7.05 Å². The van der Waals surface area contributed by atoms with Gasteiger partial charge in [-0.05, 0) is 25.1 Å². The Kier molecular flexibility index (Phi) is 5.00. The maximum absolute atomic E-state index is 13.4. The number of hydrogen-bond acceptors (Lipinski definition) is 5. The van der Waals surface area contributed by atoms with Gasteiger partial charge in [-0.25, -0.2) is 9.37 Å². The van der Waals surface area contributed by atoms with Gasteiger partial charge in [0, 0.05) is 45.0 Å². The summed E-state index contributed by atoms with van der Waals surface area (Å²) in [6.07, 6.45) is 4.69. The Morgan fingerprint density at radius 1 is 1.30 bits per heavy atom. The summed E-state index contributed by atoms with van der Waals surface area (Å²) in [5, 5.41) is 4.35. The number of Topliss-reactive ketones (excluding diaryl/α,β-unsaturated/α-hetero) is 1. The lowest BCUT2D eigenvalue weighted by Gasteiger charge is -2.26. The highest BCUT2D eigenvalue weighted by Gasteiger charge is 2.17. The molecule has 4 rings (SSSR count). The van der Waals surface area contributed by atoms with Crippen LogP contribution in [-0.4, -0.2) is 62.7 Å². The van der Waals surface area contributed by atoms with Crippen LogP contribution in [0.4, 0.5) is 4.39 Å². The fraction of sp³-hybridized carbons (Fsp3) is 0.421. The Labute approximate surface area is 156 Å². The second kappa shape index (κ2) is 7.58. The van der Waals surface area contributed by atoms with E-state index < -0.39 is 0 Å². The number of nitrogens with zero attached hydrogens (tertiary/aromatic N) is 5. The highest BCUT2D eigenvalue weighted by molar-refractivity contribution is 5.95. The molecule has 3 aromatic rings. The largest absolute Gasteiger partial charge is 0.379 e. The Morgan fingerprint density at radius 2 is 2.11 bits per heavy atom. The summed E-state index contributed by atoms with van der Waals surface area (Å²) < 4.78 is 22.1. The summed E-state index contributed by atoms with van der Waals surface area (Å²) in [7, 11) is 1.78. The van der Waals surface area contributed by atoms with Gasteiger partial charge in [0.2, 0.25) is 0 Å². The van der Waals surface area contributed by atoms with E-state index in [2.05, 4.69) is 15.0 Å². The predicted molar refractivity (Wildman–Crippen MR) is 98.2 cm³/mol. The molecule has 7 nitrogen and oxygen atoms in total. The van der Waals surface area contributed by atoms with E-state index in [4.69, 9.17) is 4.74 Å². The van der Waals surface area contributed by atoms with E-state index in [-0.39, 0.29) is 11.6 Å². The van der Waals surface area contributed by atoms with Gasteiger partial charge in [-0.3, -0.25) is 14.4 Å². The van der Waals surface area contributed by atoms with Gasteiger partial charge < -0.3 is 9.14 Å². The highest BCUT2D eigenvalue weighted by atomic mass is 19.1. The third-order valence-corrected chi connectivity index (χ3v) is 4.83. The lowest BCUT2D eigenvalue weighted by atomic mass is 10.1. The molecule has 0 aromatic carbocycles. The minimum absolute atomic E-state index is 0.0277. The first-order valence-electron chi connectivity index (χ1n) is 9.12. The molecule has 142 valence electrons. The van der Waals surface area contributed by atoms with Crippen LogP contribution in [0.25, 0.3) is 17.0 Å². The Hall–Kier alpha value is -2.58. The lowest BCUT2D eigenvalue weighted by molar-refractivity contribution is 0.0371. The third kappa shape index (κ3) is 3.91. The highest BCUT2D eigenvalue weighted by Crippen LogP contribution is 2.21. The smallest absolute Gasteiger partial charge is 0.183 e. The number of ether oxygens (including phenoxy) is 1. The number of ketones is 1. The lowest BCUT2D eigenvalue weighted by Crippen LogP contribution is -2.36. The third-order valence-electron chi connectivity index (χ3n) is 4.83. The molecule has 0 spiro atoms. The van der Waals surface area contributed by atoms with Crippen LogP contribution in [0.15, 0.2) is 30.6 Å². The number of fused-ring (bicyclic) bond motifs is 1. The zero-order valence-electron chi connectivity index (χ0n) is 15.3. The second-order valence-electron chi connectivity index (χ2n) is 6.76. The molecule has 1 saturated heterocycles. The van der Waals surface area contributed by atoms with E-state index in [0.717, 1.165) is 45.0 Å². The quantitative estimate of drug-likeness (QED) is 0.622. The van der Waals surface area contributed by atoms with Gasteiger partial charge in [0.05, 0.1) is 18.9 Å². The van der Waals surface area contributed by atoms with Crippen molar-refractivity contribution in [3.8, 4) is 11.4 Å². The van der Waals surface area contributed by atoms with Crippen LogP contribution in [-0.2, 0) is 11.8 Å². The van der Waals surface area contributed by atoms with Gasteiger partial charge in [-0.2, -0.15) is 5.10 Å². The van der Waals surface area contributed by atoms with E-state index >= 15 is 0 Å². The number of rotatable bonds is 6. The van der Waals surface area contributed by atoms with Gasteiger partial charge in [0.15, 0.2) is 5.78 Å². The SMILES string of the molecule is Cn1nc(C(=O)CCCN2CCOCC2)cc1-c1cn2ccc(F)cc2n1. The van der Waals surface area contributed by atoms with Crippen molar-refractivity contribution < 1.29 is 13.9 Å². The van der Waals surface area contributed by atoms with Crippen molar-refractivity contribution in [2.45, 2.75) is 12.8 Å². The van der Waals surface area contributed by atoms with Crippen molar-refractivity contribution in [3.05, 3.63) is 42.1 Å². The molecule has 0 N–H and O–H groups in total. The molecule has 0 atom stereocenters. The predicted octanol–water partition coefficient (Wildman–Crippen LogP) is 2.17. The number of carbonyl (C=O) groups excluding carboxylic acids is 1. The van der Waals surface area contributed by atoms with Gasteiger partial charge in [0.1, 0.15) is 22.9 Å². The minimum Gasteiger partial charge on any atom is -0.379 e. The average Bonchev–Trinajstić information content (AvgIpc) is 3.25. The molecule has 27 heavy (non-hydrogen) atoms. The van der Waals surface area contributed by atoms with Crippen LogP contribution in [0.1, 0.15) is 23.3 Å². The molecular weight excluding hydrogens is 349 g/mol. The number of morpholine rings is 1. The van der Waals surface area contributed by atoms with Gasteiger partial charge in [0.25, 0.3) is 0 Å². The zero-order chi connectivity index (χ0) is 18.8.